The van der Waals surface area contributed by atoms with Crippen LogP contribution in [0, 0.1) is 11.3 Å². The maximum atomic E-state index is 12.7. The SMILES string of the molecule is CC(C)(C)C1CCN(S(=O)(=O)c2ccc(Cl)c(CO)c2)C1. The van der Waals surface area contributed by atoms with E-state index in [0.717, 1.165) is 6.42 Å². The van der Waals surface area contributed by atoms with Crippen LogP contribution in [0.4, 0.5) is 0 Å². The summed E-state index contributed by atoms with van der Waals surface area (Å²) in [5.74, 6) is 0.358. The normalized spacial score (nSPS) is 20.9. The van der Waals surface area contributed by atoms with E-state index in [-0.39, 0.29) is 16.9 Å². The molecule has 1 N–H and O–H groups in total. The van der Waals surface area contributed by atoms with Crippen LogP contribution in [0.25, 0.3) is 0 Å². The molecule has 0 aromatic heterocycles. The van der Waals surface area contributed by atoms with Gasteiger partial charge < -0.3 is 5.11 Å². The van der Waals surface area contributed by atoms with Crippen LogP contribution in [0.5, 0.6) is 0 Å². The molecule has 1 unspecified atom stereocenters. The van der Waals surface area contributed by atoms with E-state index in [0.29, 0.717) is 29.6 Å². The average Bonchev–Trinajstić information content (AvgIpc) is 2.89. The summed E-state index contributed by atoms with van der Waals surface area (Å²) in [4.78, 5) is 0.200. The number of sulfonamides is 1. The fourth-order valence-corrected chi connectivity index (χ4v) is 4.36. The lowest BCUT2D eigenvalue weighted by molar-refractivity contribution is 0.252. The first kappa shape index (κ1) is 16.7. The zero-order valence-corrected chi connectivity index (χ0v) is 14.2. The summed E-state index contributed by atoms with van der Waals surface area (Å²) in [6.07, 6.45) is 0.878. The molecule has 1 heterocycles. The van der Waals surface area contributed by atoms with E-state index in [1.54, 1.807) is 0 Å². The van der Waals surface area contributed by atoms with E-state index in [1.165, 1.54) is 22.5 Å². The fraction of sp³-hybridized carbons (Fsp3) is 0.600. The summed E-state index contributed by atoms with van der Waals surface area (Å²) in [6.45, 7) is 7.23. The highest BCUT2D eigenvalue weighted by Gasteiger charge is 2.37. The van der Waals surface area contributed by atoms with Crippen LogP contribution in [0.1, 0.15) is 32.8 Å². The van der Waals surface area contributed by atoms with Crippen LogP contribution in [-0.2, 0) is 16.6 Å². The van der Waals surface area contributed by atoms with Crippen molar-refractivity contribution in [2.45, 2.75) is 38.7 Å². The van der Waals surface area contributed by atoms with E-state index < -0.39 is 10.0 Å². The highest BCUT2D eigenvalue weighted by atomic mass is 35.5. The van der Waals surface area contributed by atoms with Crippen molar-refractivity contribution in [3.05, 3.63) is 28.8 Å². The second-order valence-corrected chi connectivity index (χ2v) is 8.97. The van der Waals surface area contributed by atoms with Gasteiger partial charge in [-0.3, -0.25) is 0 Å². The first-order valence-electron chi connectivity index (χ1n) is 7.05. The molecule has 1 aliphatic rings. The van der Waals surface area contributed by atoms with Gasteiger partial charge in [-0.2, -0.15) is 4.31 Å². The molecule has 1 fully saturated rings. The Morgan fingerprint density at radius 2 is 2.05 bits per heavy atom. The van der Waals surface area contributed by atoms with E-state index in [9.17, 15) is 13.5 Å². The highest BCUT2D eigenvalue weighted by Crippen LogP contribution is 2.36. The number of hydrogen-bond acceptors (Lipinski definition) is 3. The Kier molecular flexibility index (Phi) is 4.69. The van der Waals surface area contributed by atoms with Gasteiger partial charge in [0.2, 0.25) is 10.0 Å². The van der Waals surface area contributed by atoms with E-state index >= 15 is 0 Å². The number of halogens is 1. The predicted octanol–water partition coefficient (Wildman–Crippen LogP) is 2.89. The molecule has 1 aliphatic heterocycles. The van der Waals surface area contributed by atoms with Gasteiger partial charge in [0.25, 0.3) is 0 Å². The molecule has 0 saturated carbocycles. The van der Waals surface area contributed by atoms with Crippen LogP contribution in [0.15, 0.2) is 23.1 Å². The van der Waals surface area contributed by atoms with Crippen LogP contribution in [0.3, 0.4) is 0 Å². The number of nitrogens with zero attached hydrogens (tertiary/aromatic N) is 1. The molecule has 0 amide bonds. The van der Waals surface area contributed by atoms with E-state index in [4.69, 9.17) is 11.6 Å². The number of benzene rings is 1. The molecule has 0 radical (unpaired) electrons. The topological polar surface area (TPSA) is 57.6 Å². The molecule has 4 nitrogen and oxygen atoms in total. The first-order valence-corrected chi connectivity index (χ1v) is 8.87. The maximum absolute atomic E-state index is 12.7. The average molecular weight is 332 g/mol. The van der Waals surface area contributed by atoms with Gasteiger partial charge in [-0.15, -0.1) is 0 Å². The summed E-state index contributed by atoms with van der Waals surface area (Å²) in [5, 5.41) is 9.61. The molecular formula is C15H22ClNO3S. The highest BCUT2D eigenvalue weighted by molar-refractivity contribution is 7.89. The predicted molar refractivity (Wildman–Crippen MR) is 83.7 cm³/mol. The van der Waals surface area contributed by atoms with Crippen molar-refractivity contribution < 1.29 is 13.5 Å². The van der Waals surface area contributed by atoms with Gasteiger partial charge in [-0.1, -0.05) is 32.4 Å². The summed E-state index contributed by atoms with van der Waals surface area (Å²) in [6, 6.07) is 4.49. The van der Waals surface area contributed by atoms with Crippen molar-refractivity contribution in [3.8, 4) is 0 Å². The zero-order chi connectivity index (χ0) is 15.8. The van der Waals surface area contributed by atoms with Crippen molar-refractivity contribution in [2.75, 3.05) is 13.1 Å². The third kappa shape index (κ3) is 3.42. The largest absolute Gasteiger partial charge is 0.392 e. The van der Waals surface area contributed by atoms with Crippen molar-refractivity contribution in [1.82, 2.24) is 4.31 Å². The molecule has 0 bridgehead atoms. The molecule has 1 atom stereocenters. The minimum atomic E-state index is -3.52. The number of hydrogen-bond donors (Lipinski definition) is 1. The molecular weight excluding hydrogens is 310 g/mol. The van der Waals surface area contributed by atoms with Crippen molar-refractivity contribution in [3.63, 3.8) is 0 Å². The molecule has 118 valence electrons. The summed E-state index contributed by atoms with van der Waals surface area (Å²) < 4.78 is 26.9. The molecule has 6 heteroatoms. The van der Waals surface area contributed by atoms with E-state index in [2.05, 4.69) is 20.8 Å². The van der Waals surface area contributed by atoms with Crippen LogP contribution in [0.2, 0.25) is 5.02 Å². The standard InChI is InChI=1S/C15H22ClNO3S/c1-15(2,3)12-6-7-17(9-12)21(19,20)13-4-5-14(16)11(8-13)10-18/h4-5,8,12,18H,6-7,9-10H2,1-3H3. The minimum Gasteiger partial charge on any atom is -0.392 e. The van der Waals surface area contributed by atoms with Gasteiger partial charge in [0.05, 0.1) is 11.5 Å². The van der Waals surface area contributed by atoms with Crippen LogP contribution in [-0.4, -0.2) is 30.9 Å². The lowest BCUT2D eigenvalue weighted by atomic mass is 9.80. The lowest BCUT2D eigenvalue weighted by Crippen LogP contribution is -2.31. The van der Waals surface area contributed by atoms with Crippen LogP contribution >= 0.6 is 11.6 Å². The first-order chi connectivity index (χ1) is 9.66. The van der Waals surface area contributed by atoms with Gasteiger partial charge in [-0.25, -0.2) is 8.42 Å². The lowest BCUT2D eigenvalue weighted by Gasteiger charge is -2.27. The summed E-state index contributed by atoms with van der Waals surface area (Å²) in [5.41, 5.74) is 0.532. The Morgan fingerprint density at radius 1 is 1.38 bits per heavy atom. The second kappa shape index (κ2) is 5.88. The van der Waals surface area contributed by atoms with Crippen molar-refractivity contribution >= 4 is 21.6 Å². The molecule has 2 rings (SSSR count). The van der Waals surface area contributed by atoms with Crippen LogP contribution < -0.4 is 0 Å². The van der Waals surface area contributed by atoms with E-state index in [1.807, 2.05) is 0 Å². The minimum absolute atomic E-state index is 0.0977. The number of rotatable bonds is 3. The Morgan fingerprint density at radius 3 is 2.57 bits per heavy atom. The Balaban J connectivity index is 2.27. The number of aliphatic hydroxyl groups is 1. The Bertz CT molecular complexity index is 622. The van der Waals surface area contributed by atoms with Crippen molar-refractivity contribution in [1.29, 1.82) is 0 Å². The smallest absolute Gasteiger partial charge is 0.243 e. The van der Waals surface area contributed by atoms with Gasteiger partial charge in [0, 0.05) is 18.1 Å². The summed E-state index contributed by atoms with van der Waals surface area (Å²) in [7, 11) is -3.52. The molecule has 1 aromatic rings. The monoisotopic (exact) mass is 331 g/mol. The third-order valence-electron chi connectivity index (χ3n) is 4.20. The maximum Gasteiger partial charge on any atom is 0.243 e. The molecule has 21 heavy (non-hydrogen) atoms. The van der Waals surface area contributed by atoms with Gasteiger partial charge in [-0.05, 0) is 41.5 Å². The molecule has 0 aliphatic carbocycles. The third-order valence-corrected chi connectivity index (χ3v) is 6.43. The van der Waals surface area contributed by atoms with Gasteiger partial charge >= 0.3 is 0 Å². The molecule has 1 aromatic carbocycles. The summed E-state index contributed by atoms with van der Waals surface area (Å²) >= 11 is 5.92. The Labute approximate surface area is 131 Å². The quantitative estimate of drug-likeness (QED) is 0.926. The molecule has 1 saturated heterocycles. The second-order valence-electron chi connectivity index (χ2n) is 6.63. The van der Waals surface area contributed by atoms with Crippen molar-refractivity contribution in [2.24, 2.45) is 11.3 Å². The zero-order valence-electron chi connectivity index (χ0n) is 12.6. The Hall–Kier alpha value is -0.620. The number of aliphatic hydroxyl groups excluding tert-OH is 1. The fourth-order valence-electron chi connectivity index (χ4n) is 2.64. The van der Waals surface area contributed by atoms with Gasteiger partial charge in [0.15, 0.2) is 0 Å². The van der Waals surface area contributed by atoms with Gasteiger partial charge in [0.1, 0.15) is 0 Å². The molecule has 0 spiro atoms.